The number of carbonyl (C=O) groups is 2. The maximum atomic E-state index is 13.0. The number of likely N-dealkylation sites (tertiary alicyclic amines) is 1. The largest absolute Gasteiger partial charge is 0.507 e. The number of thiophene rings is 1. The molecule has 0 bridgehead atoms. The average Bonchev–Trinajstić information content (AvgIpc) is 3.36. The molecule has 2 heterocycles. The lowest BCUT2D eigenvalue weighted by atomic mass is 9.98. The fraction of sp³-hybridized carbons (Fsp3) is 0.333. The molecule has 27 heavy (non-hydrogen) atoms. The Balaban J connectivity index is 1.90. The van der Waals surface area contributed by atoms with E-state index in [-0.39, 0.29) is 17.4 Å². The zero-order valence-corrected chi connectivity index (χ0v) is 16.5. The first-order chi connectivity index (χ1) is 13.0. The van der Waals surface area contributed by atoms with Gasteiger partial charge in [0, 0.05) is 21.5 Å². The van der Waals surface area contributed by atoms with E-state index in [1.54, 1.807) is 29.2 Å². The van der Waals surface area contributed by atoms with E-state index in [0.717, 1.165) is 36.1 Å². The van der Waals surface area contributed by atoms with Crippen LogP contribution in [0, 0.1) is 6.92 Å². The van der Waals surface area contributed by atoms with Crippen LogP contribution in [-0.4, -0.2) is 27.7 Å². The molecule has 2 aromatic rings. The summed E-state index contributed by atoms with van der Waals surface area (Å²) in [5, 5.41) is 13.4. The molecule has 1 aliphatic carbocycles. The van der Waals surface area contributed by atoms with Crippen molar-refractivity contribution in [1.29, 1.82) is 0 Å². The van der Waals surface area contributed by atoms with E-state index in [9.17, 15) is 14.7 Å². The lowest BCUT2D eigenvalue weighted by Gasteiger charge is -2.30. The van der Waals surface area contributed by atoms with Crippen LogP contribution in [0.15, 0.2) is 41.3 Å². The molecule has 0 radical (unpaired) electrons. The van der Waals surface area contributed by atoms with Crippen LogP contribution in [-0.2, 0) is 9.59 Å². The number of ketones is 1. The summed E-state index contributed by atoms with van der Waals surface area (Å²) in [5.41, 5.74) is 1.64. The van der Waals surface area contributed by atoms with E-state index in [0.29, 0.717) is 10.6 Å². The highest BCUT2D eigenvalue weighted by atomic mass is 35.5. The van der Waals surface area contributed by atoms with Crippen LogP contribution in [0.3, 0.4) is 0 Å². The van der Waals surface area contributed by atoms with E-state index in [2.05, 4.69) is 0 Å². The third kappa shape index (κ3) is 3.09. The van der Waals surface area contributed by atoms with Crippen LogP contribution >= 0.6 is 22.9 Å². The molecule has 1 unspecified atom stereocenters. The van der Waals surface area contributed by atoms with E-state index < -0.39 is 17.7 Å². The van der Waals surface area contributed by atoms with Gasteiger partial charge in [0.05, 0.1) is 5.57 Å². The minimum atomic E-state index is -0.614. The second-order valence-electron chi connectivity index (χ2n) is 7.12. The van der Waals surface area contributed by atoms with E-state index >= 15 is 0 Å². The van der Waals surface area contributed by atoms with Crippen LogP contribution in [0.25, 0.3) is 5.76 Å². The van der Waals surface area contributed by atoms with Crippen molar-refractivity contribution in [1.82, 2.24) is 4.90 Å². The molecule has 1 saturated heterocycles. The molecule has 1 amide bonds. The molecule has 2 fully saturated rings. The van der Waals surface area contributed by atoms with Gasteiger partial charge < -0.3 is 10.0 Å². The second-order valence-corrected chi connectivity index (χ2v) is 8.51. The Bertz CT molecular complexity index is 942. The molecule has 0 spiro atoms. The van der Waals surface area contributed by atoms with Gasteiger partial charge in [-0.15, -0.1) is 11.3 Å². The van der Waals surface area contributed by atoms with Crippen molar-refractivity contribution in [2.75, 3.05) is 0 Å². The third-order valence-corrected chi connectivity index (χ3v) is 6.75. The monoisotopic (exact) mass is 401 g/mol. The van der Waals surface area contributed by atoms with E-state index in [1.165, 1.54) is 11.3 Å². The standard InChI is InChI=1S/C21H20ClNO3S/c1-12-9-10-27-20(12)17-16(18(24)13-5-4-6-14(22)11-13)19(25)21(26)23(17)15-7-2-3-8-15/h4-6,9-11,15,17,24H,2-3,7-8H2,1H3/b18-16-. The highest BCUT2D eigenvalue weighted by Gasteiger charge is 2.50. The zero-order chi connectivity index (χ0) is 19.1. The molecule has 4 nitrogen and oxygen atoms in total. The minimum absolute atomic E-state index is 0.0395. The lowest BCUT2D eigenvalue weighted by Crippen LogP contribution is -2.37. The van der Waals surface area contributed by atoms with E-state index in [1.807, 2.05) is 18.4 Å². The fourth-order valence-corrected chi connectivity index (χ4v) is 5.35. The minimum Gasteiger partial charge on any atom is -0.507 e. The molecule has 1 aliphatic heterocycles. The van der Waals surface area contributed by atoms with Gasteiger partial charge in [-0.3, -0.25) is 9.59 Å². The number of hydrogen-bond donors (Lipinski definition) is 1. The number of aliphatic hydroxyl groups is 1. The van der Waals surface area contributed by atoms with Crippen molar-refractivity contribution in [3.63, 3.8) is 0 Å². The van der Waals surface area contributed by atoms with Crippen molar-refractivity contribution in [2.24, 2.45) is 0 Å². The SMILES string of the molecule is Cc1ccsc1C1/C(=C(/O)c2cccc(Cl)c2)C(=O)C(=O)N1C1CCCC1. The van der Waals surface area contributed by atoms with Crippen LogP contribution < -0.4 is 0 Å². The number of rotatable bonds is 3. The molecule has 1 atom stereocenters. The smallest absolute Gasteiger partial charge is 0.295 e. The Morgan fingerprint density at radius 2 is 1.96 bits per heavy atom. The molecule has 140 valence electrons. The number of aliphatic hydroxyl groups excluding tert-OH is 1. The summed E-state index contributed by atoms with van der Waals surface area (Å²) in [5.74, 6) is -1.28. The number of benzene rings is 1. The highest BCUT2D eigenvalue weighted by molar-refractivity contribution is 7.10. The molecule has 1 aromatic carbocycles. The fourth-order valence-electron chi connectivity index (χ4n) is 4.12. The van der Waals surface area contributed by atoms with Gasteiger partial charge in [-0.1, -0.05) is 36.6 Å². The first-order valence-corrected chi connectivity index (χ1v) is 10.3. The number of Topliss-reactive ketones (excluding diaryl/α,β-unsaturated/α-hetero) is 1. The van der Waals surface area contributed by atoms with Gasteiger partial charge in [-0.05, 0) is 48.9 Å². The summed E-state index contributed by atoms with van der Waals surface area (Å²) in [4.78, 5) is 28.5. The first-order valence-electron chi connectivity index (χ1n) is 9.09. The number of amides is 1. The van der Waals surface area contributed by atoms with Crippen LogP contribution in [0.5, 0.6) is 0 Å². The number of halogens is 1. The molecule has 1 saturated carbocycles. The summed E-state index contributed by atoms with van der Waals surface area (Å²) >= 11 is 7.58. The van der Waals surface area contributed by atoms with Gasteiger partial charge in [0.1, 0.15) is 11.8 Å². The molecular weight excluding hydrogens is 382 g/mol. The van der Waals surface area contributed by atoms with Crippen LogP contribution in [0.4, 0.5) is 0 Å². The number of aryl methyl sites for hydroxylation is 1. The number of nitrogens with zero attached hydrogens (tertiary/aromatic N) is 1. The van der Waals surface area contributed by atoms with Crippen molar-refractivity contribution >= 4 is 40.4 Å². The maximum absolute atomic E-state index is 13.0. The maximum Gasteiger partial charge on any atom is 0.295 e. The summed E-state index contributed by atoms with van der Waals surface area (Å²) in [6, 6.07) is 8.21. The number of hydrogen-bond acceptors (Lipinski definition) is 4. The summed E-state index contributed by atoms with van der Waals surface area (Å²) in [7, 11) is 0. The topological polar surface area (TPSA) is 57.6 Å². The Labute approximate surface area is 167 Å². The Kier molecular flexibility index (Phi) is 4.82. The van der Waals surface area contributed by atoms with Crippen LogP contribution in [0.2, 0.25) is 5.02 Å². The van der Waals surface area contributed by atoms with Gasteiger partial charge in [0.15, 0.2) is 0 Å². The average molecular weight is 402 g/mol. The number of carbonyl (C=O) groups excluding carboxylic acids is 2. The first kappa shape index (κ1) is 18.3. The van der Waals surface area contributed by atoms with Gasteiger partial charge in [-0.25, -0.2) is 0 Å². The molecular formula is C21H20ClNO3S. The quantitative estimate of drug-likeness (QED) is 0.443. The van der Waals surface area contributed by atoms with Crippen molar-refractivity contribution < 1.29 is 14.7 Å². The molecule has 4 rings (SSSR count). The van der Waals surface area contributed by atoms with Gasteiger partial charge in [0.2, 0.25) is 0 Å². The summed E-state index contributed by atoms with van der Waals surface area (Å²) in [6.45, 7) is 1.97. The van der Waals surface area contributed by atoms with Crippen molar-refractivity contribution in [3.05, 3.63) is 62.3 Å². The molecule has 2 aliphatic rings. The van der Waals surface area contributed by atoms with E-state index in [4.69, 9.17) is 11.6 Å². The Morgan fingerprint density at radius 3 is 2.59 bits per heavy atom. The van der Waals surface area contributed by atoms with Gasteiger partial charge in [0.25, 0.3) is 11.7 Å². The predicted molar refractivity (Wildman–Crippen MR) is 107 cm³/mol. The van der Waals surface area contributed by atoms with Gasteiger partial charge >= 0.3 is 0 Å². The zero-order valence-electron chi connectivity index (χ0n) is 14.9. The normalized spacial score (nSPS) is 22.7. The molecule has 6 heteroatoms. The third-order valence-electron chi connectivity index (χ3n) is 5.45. The second kappa shape index (κ2) is 7.13. The summed E-state index contributed by atoms with van der Waals surface area (Å²) in [6.07, 6.45) is 3.90. The Hall–Kier alpha value is -2.11. The highest BCUT2D eigenvalue weighted by Crippen LogP contribution is 2.45. The Morgan fingerprint density at radius 1 is 1.22 bits per heavy atom. The predicted octanol–water partition coefficient (Wildman–Crippen LogP) is 5.07. The molecule has 1 N–H and O–H groups in total. The van der Waals surface area contributed by atoms with Crippen molar-refractivity contribution in [2.45, 2.75) is 44.7 Å². The van der Waals surface area contributed by atoms with Crippen LogP contribution in [0.1, 0.15) is 47.7 Å². The van der Waals surface area contributed by atoms with Gasteiger partial charge in [-0.2, -0.15) is 0 Å². The van der Waals surface area contributed by atoms with Crippen molar-refractivity contribution in [3.8, 4) is 0 Å². The summed E-state index contributed by atoms with van der Waals surface area (Å²) < 4.78 is 0. The molecule has 1 aromatic heterocycles. The lowest BCUT2D eigenvalue weighted by molar-refractivity contribution is -0.141.